The molecule has 4 nitrogen and oxygen atoms in total. The van der Waals surface area contributed by atoms with E-state index in [1.54, 1.807) is 6.20 Å². The average molecular weight is 294 g/mol. The predicted octanol–water partition coefficient (Wildman–Crippen LogP) is 1.54. The summed E-state index contributed by atoms with van der Waals surface area (Å²) in [5.74, 6) is 0. The van der Waals surface area contributed by atoms with Crippen LogP contribution >= 0.6 is 11.3 Å². The van der Waals surface area contributed by atoms with Crippen LogP contribution in [0.15, 0.2) is 11.6 Å². The molecular weight excluding hydrogens is 277 g/mol. The third kappa shape index (κ3) is 3.37. The standard InChI is InChI=1S/C11H17F3N4S/c1-8(15)9(11(12,13)14)17-3-5-18(6-4-17)10-16-2-7-19-10/h2,7-9H,3-6,15H2,1H3. The highest BCUT2D eigenvalue weighted by molar-refractivity contribution is 7.13. The van der Waals surface area contributed by atoms with Crippen molar-refractivity contribution in [3.05, 3.63) is 11.6 Å². The first-order valence-corrected chi connectivity index (χ1v) is 6.98. The van der Waals surface area contributed by atoms with Crippen molar-refractivity contribution in [1.29, 1.82) is 0 Å². The maximum absolute atomic E-state index is 13.0. The average Bonchev–Trinajstić information content (AvgIpc) is 2.81. The van der Waals surface area contributed by atoms with Gasteiger partial charge in [-0.15, -0.1) is 11.3 Å². The molecule has 0 aliphatic carbocycles. The fraction of sp³-hybridized carbons (Fsp3) is 0.727. The number of halogens is 3. The molecule has 2 rings (SSSR count). The zero-order valence-electron chi connectivity index (χ0n) is 10.6. The SMILES string of the molecule is CC(N)C(N1CCN(c2nccs2)CC1)C(F)(F)F. The van der Waals surface area contributed by atoms with E-state index in [0.29, 0.717) is 26.2 Å². The van der Waals surface area contributed by atoms with Crippen LogP contribution in [0.5, 0.6) is 0 Å². The monoisotopic (exact) mass is 294 g/mol. The first kappa shape index (κ1) is 14.5. The van der Waals surface area contributed by atoms with Crippen LogP contribution < -0.4 is 10.6 Å². The van der Waals surface area contributed by atoms with Crippen LogP contribution in [0.1, 0.15) is 6.92 Å². The largest absolute Gasteiger partial charge is 0.405 e. The summed E-state index contributed by atoms with van der Waals surface area (Å²) >= 11 is 1.50. The van der Waals surface area contributed by atoms with Crippen molar-refractivity contribution in [2.24, 2.45) is 5.73 Å². The zero-order valence-corrected chi connectivity index (χ0v) is 11.4. The van der Waals surface area contributed by atoms with Crippen molar-refractivity contribution in [2.45, 2.75) is 25.2 Å². The lowest BCUT2D eigenvalue weighted by Gasteiger charge is -2.41. The number of rotatable bonds is 3. The van der Waals surface area contributed by atoms with Gasteiger partial charge < -0.3 is 10.6 Å². The first-order valence-electron chi connectivity index (χ1n) is 6.10. The van der Waals surface area contributed by atoms with Crippen molar-refractivity contribution < 1.29 is 13.2 Å². The Morgan fingerprint density at radius 3 is 2.37 bits per heavy atom. The van der Waals surface area contributed by atoms with Gasteiger partial charge in [-0.3, -0.25) is 4.90 Å². The van der Waals surface area contributed by atoms with Crippen LogP contribution in [-0.2, 0) is 0 Å². The van der Waals surface area contributed by atoms with E-state index in [1.165, 1.54) is 23.2 Å². The molecule has 2 heterocycles. The van der Waals surface area contributed by atoms with Crippen molar-refractivity contribution in [1.82, 2.24) is 9.88 Å². The molecule has 1 aliphatic rings. The van der Waals surface area contributed by atoms with Crippen LogP contribution in [0.3, 0.4) is 0 Å². The zero-order chi connectivity index (χ0) is 14.0. The van der Waals surface area contributed by atoms with Gasteiger partial charge in [0.25, 0.3) is 0 Å². The van der Waals surface area contributed by atoms with Crippen LogP contribution in [0.25, 0.3) is 0 Å². The molecular formula is C11H17F3N4S. The van der Waals surface area contributed by atoms with Crippen molar-refractivity contribution in [3.63, 3.8) is 0 Å². The highest BCUT2D eigenvalue weighted by atomic mass is 32.1. The van der Waals surface area contributed by atoms with Crippen LogP contribution in [0.2, 0.25) is 0 Å². The summed E-state index contributed by atoms with van der Waals surface area (Å²) in [6.45, 7) is 3.21. The van der Waals surface area contributed by atoms with E-state index >= 15 is 0 Å². The summed E-state index contributed by atoms with van der Waals surface area (Å²) in [7, 11) is 0. The van der Waals surface area contributed by atoms with Gasteiger partial charge in [-0.1, -0.05) is 0 Å². The van der Waals surface area contributed by atoms with E-state index < -0.39 is 18.3 Å². The van der Waals surface area contributed by atoms with Crippen LogP contribution in [0.4, 0.5) is 18.3 Å². The number of nitrogens with zero attached hydrogens (tertiary/aromatic N) is 3. The lowest BCUT2D eigenvalue weighted by atomic mass is 10.1. The quantitative estimate of drug-likeness (QED) is 0.918. The smallest absolute Gasteiger partial charge is 0.346 e. The number of nitrogens with two attached hydrogens (primary N) is 1. The molecule has 8 heteroatoms. The molecule has 1 aromatic rings. The van der Waals surface area contributed by atoms with Gasteiger partial charge in [-0.2, -0.15) is 13.2 Å². The maximum Gasteiger partial charge on any atom is 0.405 e. The molecule has 1 aliphatic heterocycles. The molecule has 2 unspecified atom stereocenters. The van der Waals surface area contributed by atoms with Crippen molar-refractivity contribution >= 4 is 16.5 Å². The van der Waals surface area contributed by atoms with Crippen molar-refractivity contribution in [3.8, 4) is 0 Å². The van der Waals surface area contributed by atoms with E-state index in [4.69, 9.17) is 5.73 Å². The molecule has 1 saturated heterocycles. The van der Waals surface area contributed by atoms with E-state index in [9.17, 15) is 13.2 Å². The molecule has 2 atom stereocenters. The second-order valence-electron chi connectivity index (χ2n) is 4.68. The highest BCUT2D eigenvalue weighted by Gasteiger charge is 2.46. The maximum atomic E-state index is 13.0. The van der Waals surface area contributed by atoms with Gasteiger partial charge in [0.05, 0.1) is 0 Å². The molecule has 0 spiro atoms. The van der Waals surface area contributed by atoms with E-state index in [2.05, 4.69) is 4.98 Å². The van der Waals surface area contributed by atoms with Gasteiger partial charge >= 0.3 is 6.18 Å². The molecule has 1 aromatic heterocycles. The van der Waals surface area contributed by atoms with E-state index in [0.717, 1.165) is 5.13 Å². The second-order valence-corrected chi connectivity index (χ2v) is 5.56. The number of aromatic nitrogens is 1. The Labute approximate surface area is 114 Å². The fourth-order valence-electron chi connectivity index (χ4n) is 2.40. The molecule has 0 radical (unpaired) electrons. The highest BCUT2D eigenvalue weighted by Crippen LogP contribution is 2.28. The Kier molecular flexibility index (Phi) is 4.32. The summed E-state index contributed by atoms with van der Waals surface area (Å²) in [5, 5.41) is 2.73. The summed E-state index contributed by atoms with van der Waals surface area (Å²) in [6, 6.07) is -2.49. The van der Waals surface area contributed by atoms with Gasteiger partial charge in [-0.05, 0) is 6.92 Å². The number of anilines is 1. The summed E-state index contributed by atoms with van der Waals surface area (Å²) in [6.07, 6.45) is -2.58. The van der Waals surface area contributed by atoms with E-state index in [-0.39, 0.29) is 0 Å². The Morgan fingerprint density at radius 2 is 1.95 bits per heavy atom. The number of alkyl halides is 3. The number of piperazine rings is 1. The number of thiazole rings is 1. The molecule has 0 saturated carbocycles. The van der Waals surface area contributed by atoms with Gasteiger partial charge in [0.15, 0.2) is 5.13 Å². The predicted molar refractivity (Wildman–Crippen MR) is 69.4 cm³/mol. The third-order valence-corrected chi connectivity index (χ3v) is 4.06. The Hall–Kier alpha value is -0.860. The Balaban J connectivity index is 1.98. The van der Waals surface area contributed by atoms with Crippen LogP contribution in [-0.4, -0.2) is 54.3 Å². The summed E-state index contributed by atoms with van der Waals surface area (Å²) < 4.78 is 38.9. The Bertz CT molecular complexity index is 385. The minimum atomic E-state index is -4.28. The van der Waals surface area contributed by atoms with Crippen LogP contribution in [0, 0.1) is 0 Å². The fourth-order valence-corrected chi connectivity index (χ4v) is 3.10. The molecule has 1 fully saturated rings. The van der Waals surface area contributed by atoms with E-state index in [1.807, 2.05) is 10.3 Å². The minimum absolute atomic E-state index is 0.352. The van der Waals surface area contributed by atoms with Gasteiger partial charge in [0, 0.05) is 43.8 Å². The molecule has 19 heavy (non-hydrogen) atoms. The second kappa shape index (κ2) is 5.64. The Morgan fingerprint density at radius 1 is 1.32 bits per heavy atom. The molecule has 0 amide bonds. The van der Waals surface area contributed by atoms with Gasteiger partial charge in [0.2, 0.25) is 0 Å². The van der Waals surface area contributed by atoms with Gasteiger partial charge in [0.1, 0.15) is 6.04 Å². The molecule has 0 aromatic carbocycles. The third-order valence-electron chi connectivity index (χ3n) is 3.23. The first-order chi connectivity index (χ1) is 8.89. The molecule has 0 bridgehead atoms. The number of hydrogen-bond donors (Lipinski definition) is 1. The summed E-state index contributed by atoms with van der Waals surface area (Å²) in [4.78, 5) is 7.61. The molecule has 108 valence electrons. The number of hydrogen-bond acceptors (Lipinski definition) is 5. The minimum Gasteiger partial charge on any atom is -0.346 e. The lowest BCUT2D eigenvalue weighted by Crippen LogP contribution is -2.60. The lowest BCUT2D eigenvalue weighted by molar-refractivity contribution is -0.188. The summed E-state index contributed by atoms with van der Waals surface area (Å²) in [5.41, 5.74) is 5.50. The van der Waals surface area contributed by atoms with Crippen molar-refractivity contribution in [2.75, 3.05) is 31.1 Å². The van der Waals surface area contributed by atoms with Gasteiger partial charge in [-0.25, -0.2) is 4.98 Å². The molecule has 2 N–H and O–H groups in total. The normalized spacial score (nSPS) is 21.4. The topological polar surface area (TPSA) is 45.4 Å².